The van der Waals surface area contributed by atoms with Crippen LogP contribution in [0.4, 0.5) is 0 Å². The molecule has 2 aromatic carbocycles. The van der Waals surface area contributed by atoms with Crippen LogP contribution in [0.1, 0.15) is 164 Å². The average Bonchev–Trinajstić information content (AvgIpc) is 3.08. The first kappa shape index (κ1) is 38.8. The molecule has 2 nitrogen and oxygen atoms in total. The van der Waals surface area contributed by atoms with Crippen LogP contribution in [-0.4, -0.2) is 10.2 Å². The molecule has 0 saturated carbocycles. The summed E-state index contributed by atoms with van der Waals surface area (Å²) in [6.45, 7) is 9.16. The van der Waals surface area contributed by atoms with Gasteiger partial charge in [0, 0.05) is 6.42 Å². The van der Waals surface area contributed by atoms with E-state index in [9.17, 15) is 10.2 Å². The maximum Gasteiger partial charge on any atom is 0.122 e. The molecular formula is C47H68O2. The lowest BCUT2D eigenvalue weighted by Crippen LogP contribution is -2.18. The molecule has 268 valence electrons. The first-order chi connectivity index (χ1) is 23.7. The number of hydrogen-bond acceptors (Lipinski definition) is 2. The van der Waals surface area contributed by atoms with Crippen LogP contribution in [0.5, 0.6) is 11.5 Å². The zero-order valence-electron chi connectivity index (χ0n) is 31.7. The topological polar surface area (TPSA) is 40.5 Å². The lowest BCUT2D eigenvalue weighted by atomic mass is 9.77. The van der Waals surface area contributed by atoms with E-state index in [-0.39, 0.29) is 10.8 Å². The Kier molecular flexibility index (Phi) is 15.8. The summed E-state index contributed by atoms with van der Waals surface area (Å²) in [4.78, 5) is 0. The standard InChI is InChI=1S/C47H68O2/c1-5-7-9-11-13-15-19-25-38-31-40(44(48)42(33-38)36-46(3)27-21-17-22-28-46)35-41-32-39(26-20-16-14-12-10-8-6-2)34-43(45(41)49)37-47(4)29-23-18-24-30-47/h17-18,21-24,27,29,31-34,48-49H,5-16,19-20,25-26,28,30,35-37H2,1-4H3. The third-order valence-corrected chi connectivity index (χ3v) is 11.0. The molecule has 2 aromatic rings. The van der Waals surface area contributed by atoms with Gasteiger partial charge in [-0.15, -0.1) is 0 Å². The number of hydrogen-bond donors (Lipinski definition) is 2. The van der Waals surface area contributed by atoms with Crippen LogP contribution in [0.2, 0.25) is 0 Å². The van der Waals surface area contributed by atoms with Gasteiger partial charge in [0.05, 0.1) is 0 Å². The molecule has 2 heteroatoms. The van der Waals surface area contributed by atoms with Crippen LogP contribution in [0.25, 0.3) is 0 Å². The molecule has 2 unspecified atom stereocenters. The minimum Gasteiger partial charge on any atom is -0.507 e. The maximum absolute atomic E-state index is 11.9. The minimum absolute atomic E-state index is 0.00936. The molecule has 0 aromatic heterocycles. The zero-order valence-corrected chi connectivity index (χ0v) is 31.7. The molecule has 4 rings (SSSR count). The van der Waals surface area contributed by atoms with Gasteiger partial charge < -0.3 is 10.2 Å². The lowest BCUT2D eigenvalue weighted by molar-refractivity contribution is 0.402. The number of aryl methyl sites for hydroxylation is 2. The Balaban J connectivity index is 1.60. The van der Waals surface area contributed by atoms with Crippen molar-refractivity contribution < 1.29 is 10.2 Å². The van der Waals surface area contributed by atoms with Gasteiger partial charge in [0.15, 0.2) is 0 Å². The van der Waals surface area contributed by atoms with Crippen molar-refractivity contribution in [3.8, 4) is 11.5 Å². The summed E-state index contributed by atoms with van der Waals surface area (Å²) in [5.74, 6) is 0.830. The summed E-state index contributed by atoms with van der Waals surface area (Å²) >= 11 is 0. The Morgan fingerprint density at radius 1 is 0.490 bits per heavy atom. The van der Waals surface area contributed by atoms with E-state index in [4.69, 9.17) is 0 Å². The minimum atomic E-state index is -0.00936. The van der Waals surface area contributed by atoms with E-state index >= 15 is 0 Å². The van der Waals surface area contributed by atoms with E-state index in [1.807, 2.05) is 0 Å². The van der Waals surface area contributed by atoms with Crippen LogP contribution >= 0.6 is 0 Å². The second kappa shape index (κ2) is 20.0. The molecule has 2 aliphatic carbocycles. The summed E-state index contributed by atoms with van der Waals surface area (Å²) < 4.78 is 0. The molecule has 2 N–H and O–H groups in total. The average molecular weight is 665 g/mol. The molecule has 0 spiro atoms. The molecule has 0 bridgehead atoms. The Morgan fingerprint density at radius 3 is 1.22 bits per heavy atom. The number of aromatic hydroxyl groups is 2. The highest BCUT2D eigenvalue weighted by Gasteiger charge is 2.26. The van der Waals surface area contributed by atoms with Crippen molar-refractivity contribution in [3.05, 3.63) is 106 Å². The third-order valence-electron chi connectivity index (χ3n) is 11.0. The highest BCUT2D eigenvalue weighted by Crippen LogP contribution is 2.40. The summed E-state index contributed by atoms with van der Waals surface area (Å²) in [6.07, 6.45) is 42.0. The number of allylic oxidation sites excluding steroid dienone is 8. The molecule has 2 atom stereocenters. The van der Waals surface area contributed by atoms with Gasteiger partial charge in [0.2, 0.25) is 0 Å². The number of rotatable bonds is 22. The Hall–Kier alpha value is -3.00. The largest absolute Gasteiger partial charge is 0.507 e. The first-order valence-electron chi connectivity index (χ1n) is 20.1. The van der Waals surface area contributed by atoms with Gasteiger partial charge in [0.1, 0.15) is 11.5 Å². The van der Waals surface area contributed by atoms with Crippen molar-refractivity contribution in [1.29, 1.82) is 0 Å². The number of unbranched alkanes of at least 4 members (excludes halogenated alkanes) is 12. The van der Waals surface area contributed by atoms with Gasteiger partial charge >= 0.3 is 0 Å². The fourth-order valence-corrected chi connectivity index (χ4v) is 7.95. The maximum atomic E-state index is 11.9. The molecule has 49 heavy (non-hydrogen) atoms. The predicted octanol–water partition coefficient (Wildman–Crippen LogP) is 13.4. The van der Waals surface area contributed by atoms with Gasteiger partial charge in [-0.1, -0.05) is 178 Å². The van der Waals surface area contributed by atoms with Crippen molar-refractivity contribution in [2.75, 3.05) is 0 Å². The van der Waals surface area contributed by atoms with Crippen LogP contribution in [0.15, 0.2) is 72.9 Å². The van der Waals surface area contributed by atoms with Crippen LogP contribution < -0.4 is 0 Å². The molecular weight excluding hydrogens is 597 g/mol. The van der Waals surface area contributed by atoms with Gasteiger partial charge in [-0.3, -0.25) is 0 Å². The molecule has 0 radical (unpaired) electrons. The molecule has 0 fully saturated rings. The summed E-state index contributed by atoms with van der Waals surface area (Å²) in [7, 11) is 0. The summed E-state index contributed by atoms with van der Waals surface area (Å²) in [5, 5.41) is 23.7. The molecule has 0 amide bonds. The van der Waals surface area contributed by atoms with Gasteiger partial charge in [-0.2, -0.15) is 0 Å². The number of phenols is 2. The monoisotopic (exact) mass is 665 g/mol. The van der Waals surface area contributed by atoms with Crippen molar-refractivity contribution in [3.63, 3.8) is 0 Å². The Bertz CT molecular complexity index is 1320. The molecule has 2 aliphatic rings. The van der Waals surface area contributed by atoms with Crippen LogP contribution in [0, 0.1) is 10.8 Å². The van der Waals surface area contributed by atoms with Crippen molar-refractivity contribution in [2.45, 2.75) is 163 Å². The van der Waals surface area contributed by atoms with Gasteiger partial charge in [-0.25, -0.2) is 0 Å². The van der Waals surface area contributed by atoms with Crippen molar-refractivity contribution >= 4 is 0 Å². The summed E-state index contributed by atoms with van der Waals surface area (Å²) in [5.41, 5.74) is 6.62. The van der Waals surface area contributed by atoms with Crippen LogP contribution in [0.3, 0.4) is 0 Å². The Labute approximate surface area is 300 Å². The number of benzene rings is 2. The van der Waals surface area contributed by atoms with Crippen molar-refractivity contribution in [2.24, 2.45) is 10.8 Å². The van der Waals surface area contributed by atoms with E-state index < -0.39 is 0 Å². The van der Waals surface area contributed by atoms with E-state index in [1.54, 1.807) is 0 Å². The number of phenolic OH excluding ortho intramolecular Hbond substituents is 2. The molecule has 0 saturated heterocycles. The quantitative estimate of drug-likeness (QED) is 0.123. The second-order valence-corrected chi connectivity index (χ2v) is 16.1. The van der Waals surface area contributed by atoms with E-state index in [0.717, 1.165) is 60.8 Å². The molecule has 0 aliphatic heterocycles. The van der Waals surface area contributed by atoms with Crippen molar-refractivity contribution in [1.82, 2.24) is 0 Å². The van der Waals surface area contributed by atoms with E-state index in [2.05, 4.69) is 101 Å². The van der Waals surface area contributed by atoms with E-state index in [1.165, 1.54) is 101 Å². The summed E-state index contributed by atoms with van der Waals surface area (Å²) in [6, 6.07) is 9.04. The fourth-order valence-electron chi connectivity index (χ4n) is 7.95. The highest BCUT2D eigenvalue weighted by molar-refractivity contribution is 5.52. The predicted molar refractivity (Wildman–Crippen MR) is 212 cm³/mol. The van der Waals surface area contributed by atoms with E-state index in [0.29, 0.717) is 17.9 Å². The van der Waals surface area contributed by atoms with Crippen LogP contribution in [-0.2, 0) is 32.1 Å². The third kappa shape index (κ3) is 12.7. The van der Waals surface area contributed by atoms with Gasteiger partial charge in [0.25, 0.3) is 0 Å². The smallest absolute Gasteiger partial charge is 0.122 e. The lowest BCUT2D eigenvalue weighted by Gasteiger charge is -2.28. The Morgan fingerprint density at radius 2 is 0.857 bits per heavy atom. The normalized spacial score (nSPS) is 20.0. The SMILES string of the molecule is CCCCCCCCCc1cc(Cc2cc(CCCCCCCCC)cc(CC3(C)C=CC=CC3)c2O)c(O)c(CC2(C)C=CC=CC2)c1. The second-order valence-electron chi connectivity index (χ2n) is 16.1. The fraction of sp³-hybridized carbons (Fsp3) is 0.574. The first-order valence-corrected chi connectivity index (χ1v) is 20.1. The highest BCUT2D eigenvalue weighted by atomic mass is 16.3. The van der Waals surface area contributed by atoms with Gasteiger partial charge in [-0.05, 0) is 95.6 Å². The molecule has 0 heterocycles. The zero-order chi connectivity index (χ0) is 35.0.